The van der Waals surface area contributed by atoms with Crippen LogP contribution in [0.15, 0.2) is 11.1 Å². The van der Waals surface area contributed by atoms with Crippen molar-refractivity contribution in [2.75, 3.05) is 0 Å². The summed E-state index contributed by atoms with van der Waals surface area (Å²) in [5, 5.41) is 0. The first-order chi connectivity index (χ1) is 7.19. The first kappa shape index (κ1) is 12.0. The first-order valence-electron chi connectivity index (χ1n) is 5.53. The van der Waals surface area contributed by atoms with Crippen LogP contribution in [0, 0.1) is 0 Å². The lowest BCUT2D eigenvalue weighted by Crippen LogP contribution is -2.21. The Hall–Kier alpha value is -1.12. The number of hydrogen-bond acceptors (Lipinski definition) is 3. The highest BCUT2D eigenvalue weighted by molar-refractivity contribution is 5.75. The number of aldehydes is 1. The van der Waals surface area contributed by atoms with Crippen LogP contribution in [0.3, 0.4) is 0 Å². The Morgan fingerprint density at radius 2 is 2.13 bits per heavy atom. The Labute approximate surface area is 90.5 Å². The van der Waals surface area contributed by atoms with Gasteiger partial charge in [0, 0.05) is 6.92 Å². The third-order valence-electron chi connectivity index (χ3n) is 2.76. The molecule has 3 nitrogen and oxygen atoms in total. The van der Waals surface area contributed by atoms with E-state index in [0.717, 1.165) is 49.5 Å². The van der Waals surface area contributed by atoms with Gasteiger partial charge in [-0.15, -0.1) is 0 Å². The largest absolute Gasteiger partial charge is 0.458 e. The highest BCUT2D eigenvalue weighted by Gasteiger charge is 2.21. The molecule has 0 bridgehead atoms. The van der Waals surface area contributed by atoms with Gasteiger partial charge in [-0.25, -0.2) is 0 Å². The molecule has 0 saturated carbocycles. The Morgan fingerprint density at radius 3 is 2.67 bits per heavy atom. The molecular weight excluding hydrogens is 192 g/mol. The molecule has 3 heteroatoms. The summed E-state index contributed by atoms with van der Waals surface area (Å²) in [6.45, 7) is 3.38. The van der Waals surface area contributed by atoms with Gasteiger partial charge in [-0.3, -0.25) is 9.59 Å². The fourth-order valence-electron chi connectivity index (χ4n) is 2.06. The Morgan fingerprint density at radius 1 is 1.47 bits per heavy atom. The van der Waals surface area contributed by atoms with Crippen LogP contribution < -0.4 is 0 Å². The van der Waals surface area contributed by atoms with Crippen molar-refractivity contribution in [3.63, 3.8) is 0 Å². The van der Waals surface area contributed by atoms with Crippen LogP contribution in [0.2, 0.25) is 0 Å². The molecule has 0 aromatic carbocycles. The maximum Gasteiger partial charge on any atom is 0.303 e. The highest BCUT2D eigenvalue weighted by atomic mass is 16.5. The highest BCUT2D eigenvalue weighted by Crippen LogP contribution is 2.28. The summed E-state index contributed by atoms with van der Waals surface area (Å²) in [5.74, 6) is -0.273. The summed E-state index contributed by atoms with van der Waals surface area (Å²) in [6.07, 6.45) is 5.34. The average molecular weight is 210 g/mol. The second kappa shape index (κ2) is 5.69. The minimum absolute atomic E-state index is 0.192. The van der Waals surface area contributed by atoms with Gasteiger partial charge in [0.2, 0.25) is 0 Å². The SMILES string of the molecule is CCC(OC(C)=O)C1=C(C=O)CCCC1. The van der Waals surface area contributed by atoms with E-state index in [2.05, 4.69) is 0 Å². The van der Waals surface area contributed by atoms with Gasteiger partial charge >= 0.3 is 5.97 Å². The van der Waals surface area contributed by atoms with E-state index >= 15 is 0 Å². The zero-order valence-electron chi connectivity index (χ0n) is 9.41. The van der Waals surface area contributed by atoms with Gasteiger partial charge in [-0.2, -0.15) is 0 Å². The summed E-state index contributed by atoms with van der Waals surface area (Å²) in [4.78, 5) is 21.8. The van der Waals surface area contributed by atoms with Crippen LogP contribution in [0.4, 0.5) is 0 Å². The van der Waals surface area contributed by atoms with Crippen molar-refractivity contribution in [1.82, 2.24) is 0 Å². The third-order valence-corrected chi connectivity index (χ3v) is 2.76. The van der Waals surface area contributed by atoms with Gasteiger partial charge in [0.05, 0.1) is 0 Å². The van der Waals surface area contributed by atoms with E-state index in [9.17, 15) is 9.59 Å². The molecular formula is C12H18O3. The predicted octanol–water partition coefficient (Wildman–Crippen LogP) is 2.40. The molecule has 1 rings (SSSR count). The lowest BCUT2D eigenvalue weighted by molar-refractivity contribution is -0.144. The van der Waals surface area contributed by atoms with Crippen molar-refractivity contribution in [2.45, 2.75) is 52.1 Å². The maximum absolute atomic E-state index is 10.9. The molecule has 0 radical (unpaired) electrons. The van der Waals surface area contributed by atoms with E-state index in [4.69, 9.17) is 4.74 Å². The van der Waals surface area contributed by atoms with Gasteiger partial charge in [0.15, 0.2) is 0 Å². The third kappa shape index (κ3) is 3.18. The van der Waals surface area contributed by atoms with Gasteiger partial charge in [-0.05, 0) is 43.3 Å². The fraction of sp³-hybridized carbons (Fsp3) is 0.667. The monoisotopic (exact) mass is 210 g/mol. The number of carbonyl (C=O) groups excluding carboxylic acids is 2. The molecule has 84 valence electrons. The molecule has 1 atom stereocenters. The minimum atomic E-state index is -0.273. The van der Waals surface area contributed by atoms with Crippen molar-refractivity contribution in [2.24, 2.45) is 0 Å². The number of ether oxygens (including phenoxy) is 1. The average Bonchev–Trinajstić information content (AvgIpc) is 2.25. The maximum atomic E-state index is 10.9. The van der Waals surface area contributed by atoms with E-state index in [1.807, 2.05) is 6.92 Å². The second-order valence-corrected chi connectivity index (χ2v) is 3.88. The summed E-state index contributed by atoms with van der Waals surface area (Å²) in [6, 6.07) is 0. The van der Waals surface area contributed by atoms with E-state index in [-0.39, 0.29) is 12.1 Å². The molecule has 1 aliphatic carbocycles. The van der Waals surface area contributed by atoms with Crippen LogP contribution in [-0.4, -0.2) is 18.4 Å². The van der Waals surface area contributed by atoms with Crippen LogP contribution in [0.25, 0.3) is 0 Å². The molecule has 0 fully saturated rings. The Balaban J connectivity index is 2.84. The molecule has 1 aliphatic rings. The van der Waals surface area contributed by atoms with E-state index in [0.29, 0.717) is 0 Å². The van der Waals surface area contributed by atoms with Crippen molar-refractivity contribution >= 4 is 12.3 Å². The Kier molecular flexibility index (Phi) is 4.53. The van der Waals surface area contributed by atoms with Crippen molar-refractivity contribution in [3.8, 4) is 0 Å². The van der Waals surface area contributed by atoms with E-state index < -0.39 is 0 Å². The zero-order chi connectivity index (χ0) is 11.3. The number of rotatable bonds is 4. The number of hydrogen-bond donors (Lipinski definition) is 0. The molecule has 0 amide bonds. The normalized spacial score (nSPS) is 18.5. The number of esters is 1. The van der Waals surface area contributed by atoms with Crippen LogP contribution in [0.1, 0.15) is 46.0 Å². The van der Waals surface area contributed by atoms with Crippen molar-refractivity contribution in [1.29, 1.82) is 0 Å². The lowest BCUT2D eigenvalue weighted by Gasteiger charge is -2.24. The van der Waals surface area contributed by atoms with Crippen LogP contribution >= 0.6 is 0 Å². The van der Waals surface area contributed by atoms with Gasteiger partial charge in [0.1, 0.15) is 12.4 Å². The fourth-order valence-corrected chi connectivity index (χ4v) is 2.06. The van der Waals surface area contributed by atoms with Gasteiger partial charge in [-0.1, -0.05) is 6.92 Å². The molecule has 0 aliphatic heterocycles. The standard InChI is InChI=1S/C12H18O3/c1-3-12(15-9(2)14)11-7-5-4-6-10(11)8-13/h8,12H,3-7H2,1-2H3. The summed E-state index contributed by atoms with van der Waals surface area (Å²) < 4.78 is 5.22. The van der Waals surface area contributed by atoms with Crippen LogP contribution in [0.5, 0.6) is 0 Å². The summed E-state index contributed by atoms with van der Waals surface area (Å²) >= 11 is 0. The van der Waals surface area contributed by atoms with E-state index in [1.165, 1.54) is 6.92 Å². The molecule has 0 N–H and O–H groups in total. The quantitative estimate of drug-likeness (QED) is 0.528. The second-order valence-electron chi connectivity index (χ2n) is 3.88. The molecule has 0 saturated heterocycles. The van der Waals surface area contributed by atoms with E-state index in [1.54, 1.807) is 0 Å². The van der Waals surface area contributed by atoms with Crippen molar-refractivity contribution < 1.29 is 14.3 Å². The first-order valence-corrected chi connectivity index (χ1v) is 5.53. The summed E-state index contributed by atoms with van der Waals surface area (Å²) in [7, 11) is 0. The number of carbonyl (C=O) groups is 2. The molecule has 0 aromatic rings. The van der Waals surface area contributed by atoms with Gasteiger partial charge in [0.25, 0.3) is 0 Å². The van der Waals surface area contributed by atoms with Crippen molar-refractivity contribution in [3.05, 3.63) is 11.1 Å². The predicted molar refractivity (Wildman–Crippen MR) is 57.4 cm³/mol. The molecule has 0 spiro atoms. The molecule has 1 unspecified atom stereocenters. The number of allylic oxidation sites excluding steroid dienone is 1. The Bertz CT molecular complexity index is 279. The molecule has 0 heterocycles. The summed E-state index contributed by atoms with van der Waals surface area (Å²) in [5.41, 5.74) is 1.88. The zero-order valence-corrected chi connectivity index (χ0v) is 9.41. The molecule has 0 aromatic heterocycles. The topological polar surface area (TPSA) is 43.4 Å². The van der Waals surface area contributed by atoms with Gasteiger partial charge < -0.3 is 4.74 Å². The minimum Gasteiger partial charge on any atom is -0.458 e. The molecule has 15 heavy (non-hydrogen) atoms. The smallest absolute Gasteiger partial charge is 0.303 e. The lowest BCUT2D eigenvalue weighted by atomic mass is 9.88. The van der Waals surface area contributed by atoms with Crippen LogP contribution in [-0.2, 0) is 14.3 Å².